The molecule has 1 aliphatic heterocycles. The summed E-state index contributed by atoms with van der Waals surface area (Å²) in [5.41, 5.74) is 0.559. The van der Waals surface area contributed by atoms with E-state index >= 15 is 0 Å². The molecule has 0 radical (unpaired) electrons. The summed E-state index contributed by atoms with van der Waals surface area (Å²) in [5.74, 6) is 0.619. The molecule has 1 aliphatic rings. The lowest BCUT2D eigenvalue weighted by molar-refractivity contribution is 0.0661. The average molecular weight is 285 g/mol. The molecule has 0 spiro atoms. The van der Waals surface area contributed by atoms with Crippen molar-refractivity contribution in [3.05, 3.63) is 46.0 Å². The number of piperidine rings is 1. The zero-order chi connectivity index (χ0) is 15.0. The molecule has 2 heterocycles. The lowest BCUT2D eigenvalue weighted by Crippen LogP contribution is -2.38. The van der Waals surface area contributed by atoms with Crippen LogP contribution in [-0.2, 0) is 0 Å². The summed E-state index contributed by atoms with van der Waals surface area (Å²) in [6.07, 6.45) is 2.01. The van der Waals surface area contributed by atoms with Crippen LogP contribution in [-0.4, -0.2) is 23.9 Å². The van der Waals surface area contributed by atoms with Crippen LogP contribution in [0.1, 0.15) is 35.9 Å². The summed E-state index contributed by atoms with van der Waals surface area (Å²) in [6, 6.07) is 7.25. The van der Waals surface area contributed by atoms with Crippen molar-refractivity contribution in [2.24, 2.45) is 5.92 Å². The van der Waals surface area contributed by atoms with Crippen molar-refractivity contribution in [3.63, 3.8) is 0 Å². The predicted molar refractivity (Wildman–Crippen MR) is 81.5 cm³/mol. The van der Waals surface area contributed by atoms with Gasteiger partial charge in [0.25, 0.3) is 5.91 Å². The molecule has 110 valence electrons. The maximum atomic E-state index is 12.5. The van der Waals surface area contributed by atoms with Gasteiger partial charge in [0.15, 0.2) is 5.76 Å². The molecule has 1 saturated heterocycles. The third-order valence-electron chi connectivity index (χ3n) is 4.20. The highest BCUT2D eigenvalue weighted by atomic mass is 16.4. The van der Waals surface area contributed by atoms with Gasteiger partial charge in [-0.15, -0.1) is 0 Å². The summed E-state index contributed by atoms with van der Waals surface area (Å²) < 4.78 is 5.24. The van der Waals surface area contributed by atoms with E-state index in [2.05, 4.69) is 6.92 Å². The van der Waals surface area contributed by atoms with Gasteiger partial charge in [0.05, 0.1) is 5.39 Å². The standard InChI is InChI=1S/C17H19NO3/c1-11-5-7-18(8-6-11)16(19)15-10-13-4-3-12(2)9-14(13)17(20)21-15/h3-4,9-11H,5-8H2,1-2H3. The Morgan fingerprint density at radius 1 is 1.24 bits per heavy atom. The molecule has 1 aromatic carbocycles. The lowest BCUT2D eigenvalue weighted by atomic mass is 9.99. The van der Waals surface area contributed by atoms with Gasteiger partial charge in [-0.1, -0.05) is 24.6 Å². The molecule has 21 heavy (non-hydrogen) atoms. The first-order valence-electron chi connectivity index (χ1n) is 7.38. The number of hydrogen-bond acceptors (Lipinski definition) is 3. The minimum atomic E-state index is -0.440. The molecule has 2 aromatic rings. The van der Waals surface area contributed by atoms with Gasteiger partial charge in [0.1, 0.15) is 0 Å². The highest BCUT2D eigenvalue weighted by Gasteiger charge is 2.23. The Bertz CT molecular complexity index is 739. The van der Waals surface area contributed by atoms with Crippen LogP contribution in [0.25, 0.3) is 10.8 Å². The van der Waals surface area contributed by atoms with Crippen molar-refractivity contribution in [1.82, 2.24) is 4.90 Å². The van der Waals surface area contributed by atoms with E-state index in [1.54, 1.807) is 17.0 Å². The second kappa shape index (κ2) is 5.35. The predicted octanol–water partition coefficient (Wildman–Crippen LogP) is 2.97. The van der Waals surface area contributed by atoms with Gasteiger partial charge in [-0.2, -0.15) is 0 Å². The van der Waals surface area contributed by atoms with Gasteiger partial charge < -0.3 is 9.32 Å². The first-order chi connectivity index (χ1) is 10.0. The first kappa shape index (κ1) is 13.9. The van der Waals surface area contributed by atoms with Crippen LogP contribution in [0.15, 0.2) is 33.5 Å². The van der Waals surface area contributed by atoms with E-state index < -0.39 is 5.63 Å². The molecular formula is C17H19NO3. The zero-order valence-electron chi connectivity index (χ0n) is 12.4. The maximum absolute atomic E-state index is 12.5. The topological polar surface area (TPSA) is 50.5 Å². The number of hydrogen-bond donors (Lipinski definition) is 0. The van der Waals surface area contributed by atoms with E-state index in [0.29, 0.717) is 11.3 Å². The van der Waals surface area contributed by atoms with Gasteiger partial charge in [-0.05, 0) is 43.2 Å². The molecule has 0 aliphatic carbocycles. The molecule has 0 bridgehead atoms. The quantitative estimate of drug-likeness (QED) is 0.809. The number of fused-ring (bicyclic) bond motifs is 1. The van der Waals surface area contributed by atoms with Crippen molar-refractivity contribution in [1.29, 1.82) is 0 Å². The molecule has 1 aromatic heterocycles. The summed E-state index contributed by atoms with van der Waals surface area (Å²) in [7, 11) is 0. The molecule has 4 nitrogen and oxygen atoms in total. The molecule has 3 rings (SSSR count). The Labute approximate surface area is 123 Å². The van der Waals surface area contributed by atoms with Gasteiger partial charge >= 0.3 is 5.63 Å². The SMILES string of the molecule is Cc1ccc2cc(C(=O)N3CCC(C)CC3)oc(=O)c2c1. The van der Waals surface area contributed by atoms with Crippen LogP contribution in [0.5, 0.6) is 0 Å². The highest BCUT2D eigenvalue weighted by Crippen LogP contribution is 2.20. The van der Waals surface area contributed by atoms with Gasteiger partial charge in [0, 0.05) is 13.1 Å². The number of carbonyl (C=O) groups excluding carboxylic acids is 1. The van der Waals surface area contributed by atoms with Crippen LogP contribution in [0.2, 0.25) is 0 Å². The Balaban J connectivity index is 1.95. The van der Waals surface area contributed by atoms with Gasteiger partial charge in [-0.3, -0.25) is 4.79 Å². The van der Waals surface area contributed by atoms with E-state index in [1.165, 1.54) is 0 Å². The monoisotopic (exact) mass is 285 g/mol. The Kier molecular flexibility index (Phi) is 3.53. The van der Waals surface area contributed by atoms with Crippen LogP contribution in [0.3, 0.4) is 0 Å². The van der Waals surface area contributed by atoms with Crippen LogP contribution >= 0.6 is 0 Å². The summed E-state index contributed by atoms with van der Waals surface area (Å²) in [5, 5.41) is 1.28. The van der Waals surface area contributed by atoms with E-state index in [-0.39, 0.29) is 11.7 Å². The fourth-order valence-corrected chi connectivity index (χ4v) is 2.77. The number of rotatable bonds is 1. The summed E-state index contributed by atoms with van der Waals surface area (Å²) in [4.78, 5) is 26.3. The minimum absolute atomic E-state index is 0.144. The molecule has 1 amide bonds. The van der Waals surface area contributed by atoms with Crippen LogP contribution in [0, 0.1) is 12.8 Å². The second-order valence-corrected chi connectivity index (χ2v) is 5.96. The number of aryl methyl sites for hydroxylation is 1. The minimum Gasteiger partial charge on any atom is -0.417 e. The Hall–Kier alpha value is -2.10. The molecule has 1 fully saturated rings. The maximum Gasteiger partial charge on any atom is 0.344 e. The van der Waals surface area contributed by atoms with Gasteiger partial charge in [-0.25, -0.2) is 4.79 Å². The molecule has 0 atom stereocenters. The number of benzene rings is 1. The molecule has 0 N–H and O–H groups in total. The van der Waals surface area contributed by atoms with E-state index in [1.807, 2.05) is 19.1 Å². The van der Waals surface area contributed by atoms with Crippen molar-refractivity contribution in [3.8, 4) is 0 Å². The Morgan fingerprint density at radius 3 is 2.67 bits per heavy atom. The summed E-state index contributed by atoms with van der Waals surface area (Å²) in [6.45, 7) is 5.58. The first-order valence-corrected chi connectivity index (χ1v) is 7.38. The third-order valence-corrected chi connectivity index (χ3v) is 4.20. The largest absolute Gasteiger partial charge is 0.417 e. The molecule has 0 saturated carbocycles. The second-order valence-electron chi connectivity index (χ2n) is 5.96. The lowest BCUT2D eigenvalue weighted by Gasteiger charge is -2.29. The number of amides is 1. The number of likely N-dealkylation sites (tertiary alicyclic amines) is 1. The van der Waals surface area contributed by atoms with E-state index in [0.717, 1.165) is 36.9 Å². The molecule has 4 heteroatoms. The van der Waals surface area contributed by atoms with Crippen molar-refractivity contribution >= 4 is 16.7 Å². The number of carbonyl (C=O) groups is 1. The van der Waals surface area contributed by atoms with Crippen molar-refractivity contribution in [2.75, 3.05) is 13.1 Å². The van der Waals surface area contributed by atoms with E-state index in [9.17, 15) is 9.59 Å². The van der Waals surface area contributed by atoms with Gasteiger partial charge in [0.2, 0.25) is 0 Å². The Morgan fingerprint density at radius 2 is 1.95 bits per heavy atom. The van der Waals surface area contributed by atoms with Crippen molar-refractivity contribution in [2.45, 2.75) is 26.7 Å². The van der Waals surface area contributed by atoms with E-state index in [4.69, 9.17) is 4.42 Å². The van der Waals surface area contributed by atoms with Crippen molar-refractivity contribution < 1.29 is 9.21 Å². The molecular weight excluding hydrogens is 266 g/mol. The average Bonchev–Trinajstić information content (AvgIpc) is 2.48. The van der Waals surface area contributed by atoms with Crippen LogP contribution in [0.4, 0.5) is 0 Å². The fourth-order valence-electron chi connectivity index (χ4n) is 2.77. The summed E-state index contributed by atoms with van der Waals surface area (Å²) >= 11 is 0. The normalized spacial score (nSPS) is 16.4. The number of nitrogens with zero attached hydrogens (tertiary/aromatic N) is 1. The smallest absolute Gasteiger partial charge is 0.344 e. The fraction of sp³-hybridized carbons (Fsp3) is 0.412. The molecule has 0 unspecified atom stereocenters. The highest BCUT2D eigenvalue weighted by molar-refractivity contribution is 5.95. The third kappa shape index (κ3) is 2.71. The van der Waals surface area contributed by atoms with Crippen LogP contribution < -0.4 is 5.63 Å². The zero-order valence-corrected chi connectivity index (χ0v) is 12.4.